The van der Waals surface area contributed by atoms with Crippen molar-refractivity contribution in [3.8, 4) is 0 Å². The zero-order valence-electron chi connectivity index (χ0n) is 9.63. The van der Waals surface area contributed by atoms with Gasteiger partial charge < -0.3 is 5.32 Å². The maximum Gasteiger partial charge on any atom is 0.267 e. The van der Waals surface area contributed by atoms with E-state index < -0.39 is 0 Å². The maximum atomic E-state index is 11.5. The van der Waals surface area contributed by atoms with Crippen LogP contribution in [0.2, 0.25) is 0 Å². The summed E-state index contributed by atoms with van der Waals surface area (Å²) < 4.78 is 1.42. The van der Waals surface area contributed by atoms with Crippen molar-refractivity contribution in [2.45, 2.75) is 13.5 Å². The van der Waals surface area contributed by atoms with Gasteiger partial charge in [-0.1, -0.05) is 0 Å². The molecule has 5 heteroatoms. The lowest BCUT2D eigenvalue weighted by Gasteiger charge is -2.06. The Bertz CT molecular complexity index is 550. The highest BCUT2D eigenvalue weighted by atomic mass is 16.1. The molecule has 0 saturated heterocycles. The van der Waals surface area contributed by atoms with Crippen molar-refractivity contribution in [2.24, 2.45) is 0 Å². The Hall–Kier alpha value is -2.17. The average molecular weight is 230 g/mol. The van der Waals surface area contributed by atoms with Crippen LogP contribution in [0, 0.1) is 0 Å². The summed E-state index contributed by atoms with van der Waals surface area (Å²) in [6.07, 6.45) is 3.33. The van der Waals surface area contributed by atoms with Crippen molar-refractivity contribution in [3.05, 3.63) is 52.6 Å². The number of anilines is 1. The van der Waals surface area contributed by atoms with Gasteiger partial charge in [0.15, 0.2) is 0 Å². The molecular formula is C12H14N4O. The number of rotatable bonds is 4. The van der Waals surface area contributed by atoms with E-state index in [-0.39, 0.29) is 5.56 Å². The first-order chi connectivity index (χ1) is 8.29. The minimum atomic E-state index is -0.102. The van der Waals surface area contributed by atoms with Gasteiger partial charge in [-0.25, -0.2) is 9.67 Å². The molecule has 5 nitrogen and oxygen atoms in total. The lowest BCUT2D eigenvalue weighted by molar-refractivity contribution is 0.638. The van der Waals surface area contributed by atoms with Crippen molar-refractivity contribution in [1.29, 1.82) is 0 Å². The topological polar surface area (TPSA) is 59.8 Å². The summed E-state index contributed by atoms with van der Waals surface area (Å²) in [6.45, 7) is 3.29. The third-order valence-corrected chi connectivity index (χ3v) is 2.30. The fraction of sp³-hybridized carbons (Fsp3) is 0.250. The lowest BCUT2D eigenvalue weighted by Crippen LogP contribution is -2.21. The Morgan fingerprint density at radius 2 is 2.24 bits per heavy atom. The maximum absolute atomic E-state index is 11.5. The van der Waals surface area contributed by atoms with Crippen LogP contribution in [-0.2, 0) is 6.54 Å². The van der Waals surface area contributed by atoms with Crippen LogP contribution in [0.4, 0.5) is 5.82 Å². The largest absolute Gasteiger partial charge is 0.370 e. The number of pyridine rings is 1. The number of hydrogen-bond donors (Lipinski definition) is 1. The summed E-state index contributed by atoms with van der Waals surface area (Å²) in [5.41, 5.74) is 0.895. The van der Waals surface area contributed by atoms with E-state index in [1.54, 1.807) is 18.5 Å². The number of aromatic nitrogens is 3. The standard InChI is InChI=1S/C12H14N4O/c1-2-13-11-8-10(5-7-14-11)9-16-12(17)4-3-6-15-16/h3-8H,2,9H2,1H3,(H,13,14). The molecule has 0 spiro atoms. The van der Waals surface area contributed by atoms with Crippen LogP contribution in [-0.4, -0.2) is 21.3 Å². The molecule has 0 aromatic carbocycles. The van der Waals surface area contributed by atoms with Crippen molar-refractivity contribution < 1.29 is 0 Å². The summed E-state index contributed by atoms with van der Waals surface area (Å²) in [6, 6.07) is 6.93. The van der Waals surface area contributed by atoms with Crippen LogP contribution in [0.15, 0.2) is 41.5 Å². The smallest absolute Gasteiger partial charge is 0.267 e. The first-order valence-corrected chi connectivity index (χ1v) is 5.50. The Morgan fingerprint density at radius 3 is 3.00 bits per heavy atom. The van der Waals surface area contributed by atoms with Gasteiger partial charge >= 0.3 is 0 Å². The molecule has 2 aromatic rings. The molecule has 0 aliphatic carbocycles. The molecule has 0 aliphatic rings. The summed E-state index contributed by atoms with van der Waals surface area (Å²) in [5.74, 6) is 0.814. The van der Waals surface area contributed by atoms with Gasteiger partial charge in [-0.3, -0.25) is 4.79 Å². The van der Waals surface area contributed by atoms with Gasteiger partial charge in [-0.15, -0.1) is 0 Å². The van der Waals surface area contributed by atoms with Gasteiger partial charge in [0.2, 0.25) is 0 Å². The Morgan fingerprint density at radius 1 is 1.35 bits per heavy atom. The SMILES string of the molecule is CCNc1cc(Cn2ncccc2=O)ccn1. The summed E-state index contributed by atoms with van der Waals surface area (Å²) in [5, 5.41) is 7.14. The summed E-state index contributed by atoms with van der Waals surface area (Å²) >= 11 is 0. The number of nitrogens with one attached hydrogen (secondary N) is 1. The third-order valence-electron chi connectivity index (χ3n) is 2.30. The molecule has 0 radical (unpaired) electrons. The van der Waals surface area contributed by atoms with E-state index in [2.05, 4.69) is 15.4 Å². The second-order valence-electron chi connectivity index (χ2n) is 3.60. The van der Waals surface area contributed by atoms with E-state index >= 15 is 0 Å². The molecule has 2 aromatic heterocycles. The van der Waals surface area contributed by atoms with Gasteiger partial charge in [0.05, 0.1) is 6.54 Å². The minimum Gasteiger partial charge on any atom is -0.370 e. The number of hydrogen-bond acceptors (Lipinski definition) is 4. The van der Waals surface area contributed by atoms with Crippen LogP contribution in [0.1, 0.15) is 12.5 Å². The van der Waals surface area contributed by atoms with E-state index in [1.165, 1.54) is 10.7 Å². The zero-order valence-corrected chi connectivity index (χ0v) is 9.63. The van der Waals surface area contributed by atoms with Crippen LogP contribution in [0.25, 0.3) is 0 Å². The molecule has 0 bridgehead atoms. The molecule has 0 unspecified atom stereocenters. The highest BCUT2D eigenvalue weighted by Gasteiger charge is 2.00. The predicted molar refractivity (Wildman–Crippen MR) is 66.0 cm³/mol. The Kier molecular flexibility index (Phi) is 3.49. The first kappa shape index (κ1) is 11.3. The highest BCUT2D eigenvalue weighted by Crippen LogP contribution is 2.06. The summed E-state index contributed by atoms with van der Waals surface area (Å²) in [7, 11) is 0. The van der Waals surface area contributed by atoms with Gasteiger partial charge in [0, 0.05) is 25.0 Å². The van der Waals surface area contributed by atoms with Gasteiger partial charge in [-0.2, -0.15) is 5.10 Å². The van der Waals surface area contributed by atoms with Crippen molar-refractivity contribution >= 4 is 5.82 Å². The van der Waals surface area contributed by atoms with Gasteiger partial charge in [0.1, 0.15) is 5.82 Å². The second kappa shape index (κ2) is 5.25. The molecule has 88 valence electrons. The molecule has 17 heavy (non-hydrogen) atoms. The van der Waals surface area contributed by atoms with Gasteiger partial charge in [0.25, 0.3) is 5.56 Å². The van der Waals surface area contributed by atoms with Crippen molar-refractivity contribution in [2.75, 3.05) is 11.9 Å². The molecule has 0 aliphatic heterocycles. The highest BCUT2D eigenvalue weighted by molar-refractivity contribution is 5.37. The number of nitrogens with zero attached hydrogens (tertiary/aromatic N) is 3. The van der Waals surface area contributed by atoms with Crippen LogP contribution in [0.5, 0.6) is 0 Å². The minimum absolute atomic E-state index is 0.102. The van der Waals surface area contributed by atoms with E-state index in [0.29, 0.717) is 6.54 Å². The van der Waals surface area contributed by atoms with E-state index in [4.69, 9.17) is 0 Å². The Balaban J connectivity index is 2.21. The molecule has 1 N–H and O–H groups in total. The van der Waals surface area contributed by atoms with Crippen LogP contribution >= 0.6 is 0 Å². The fourth-order valence-corrected chi connectivity index (χ4v) is 1.53. The predicted octanol–water partition coefficient (Wildman–Crippen LogP) is 1.12. The van der Waals surface area contributed by atoms with Crippen LogP contribution in [0.3, 0.4) is 0 Å². The molecule has 0 atom stereocenters. The molecule has 0 fully saturated rings. The molecule has 2 heterocycles. The molecule has 0 amide bonds. The Labute approximate surface area is 99.1 Å². The molecule has 0 saturated carbocycles. The third kappa shape index (κ3) is 2.90. The van der Waals surface area contributed by atoms with E-state index in [9.17, 15) is 4.79 Å². The summed E-state index contributed by atoms with van der Waals surface area (Å²) in [4.78, 5) is 15.7. The van der Waals surface area contributed by atoms with Crippen molar-refractivity contribution in [1.82, 2.24) is 14.8 Å². The fourth-order valence-electron chi connectivity index (χ4n) is 1.53. The second-order valence-corrected chi connectivity index (χ2v) is 3.60. The molecular weight excluding hydrogens is 216 g/mol. The average Bonchev–Trinajstić information content (AvgIpc) is 2.33. The zero-order chi connectivity index (χ0) is 12.1. The van der Waals surface area contributed by atoms with Crippen LogP contribution < -0.4 is 10.9 Å². The monoisotopic (exact) mass is 230 g/mol. The van der Waals surface area contributed by atoms with E-state index in [1.807, 2.05) is 19.1 Å². The first-order valence-electron chi connectivity index (χ1n) is 5.50. The van der Waals surface area contributed by atoms with Crippen molar-refractivity contribution in [3.63, 3.8) is 0 Å². The van der Waals surface area contributed by atoms with Gasteiger partial charge in [-0.05, 0) is 30.7 Å². The molecule has 2 rings (SSSR count). The lowest BCUT2D eigenvalue weighted by atomic mass is 10.2. The normalized spacial score (nSPS) is 10.2. The van der Waals surface area contributed by atoms with E-state index in [0.717, 1.165) is 17.9 Å². The quantitative estimate of drug-likeness (QED) is 0.855.